The second-order valence-corrected chi connectivity index (χ2v) is 5.48. The van der Waals surface area contributed by atoms with Gasteiger partial charge < -0.3 is 5.11 Å². The van der Waals surface area contributed by atoms with Crippen LogP contribution in [-0.2, 0) is 6.42 Å². The molecule has 17 heavy (non-hydrogen) atoms. The molecule has 0 saturated carbocycles. The molecular formula is C14H20Cl2O. The fraction of sp³-hybridized carbons (Fsp3) is 0.571. The highest BCUT2D eigenvalue weighted by atomic mass is 35.5. The zero-order valence-corrected chi connectivity index (χ0v) is 12.0. The Kier molecular flexibility index (Phi) is 5.78. The van der Waals surface area contributed by atoms with Gasteiger partial charge in [0.15, 0.2) is 0 Å². The molecule has 0 spiro atoms. The third-order valence-corrected chi connectivity index (χ3v) is 3.56. The van der Waals surface area contributed by atoms with Gasteiger partial charge in [-0.1, -0.05) is 49.9 Å². The van der Waals surface area contributed by atoms with E-state index in [0.717, 1.165) is 31.2 Å². The maximum absolute atomic E-state index is 10.6. The van der Waals surface area contributed by atoms with Crippen molar-refractivity contribution in [3.05, 3.63) is 33.8 Å². The van der Waals surface area contributed by atoms with Crippen LogP contribution in [0.3, 0.4) is 0 Å². The van der Waals surface area contributed by atoms with E-state index in [4.69, 9.17) is 23.2 Å². The third kappa shape index (κ3) is 4.50. The Hall–Kier alpha value is -0.240. The normalized spacial score (nSPS) is 11.8. The van der Waals surface area contributed by atoms with Gasteiger partial charge in [0, 0.05) is 16.5 Å². The van der Waals surface area contributed by atoms with E-state index in [2.05, 4.69) is 13.8 Å². The second kappa shape index (κ2) is 6.63. The lowest BCUT2D eigenvalue weighted by molar-refractivity contribution is 0.0216. The molecule has 0 aliphatic heterocycles. The smallest absolute Gasteiger partial charge is 0.0688 e. The number of aliphatic hydroxyl groups is 1. The largest absolute Gasteiger partial charge is 0.390 e. The Morgan fingerprint density at radius 3 is 2.24 bits per heavy atom. The molecule has 1 aromatic carbocycles. The van der Waals surface area contributed by atoms with Gasteiger partial charge >= 0.3 is 0 Å². The number of hydrogen-bond acceptors (Lipinski definition) is 1. The lowest BCUT2D eigenvalue weighted by atomic mass is 9.86. The highest BCUT2D eigenvalue weighted by Gasteiger charge is 2.26. The summed E-state index contributed by atoms with van der Waals surface area (Å²) in [6.07, 6.45) is 4.10. The average molecular weight is 275 g/mol. The summed E-state index contributed by atoms with van der Waals surface area (Å²) in [6, 6.07) is 5.41. The molecule has 0 fully saturated rings. The molecule has 0 aliphatic carbocycles. The van der Waals surface area contributed by atoms with E-state index in [9.17, 15) is 5.11 Å². The Morgan fingerprint density at radius 2 is 1.71 bits per heavy atom. The van der Waals surface area contributed by atoms with Gasteiger partial charge in [-0.25, -0.2) is 0 Å². The van der Waals surface area contributed by atoms with Crippen molar-refractivity contribution in [1.82, 2.24) is 0 Å². The van der Waals surface area contributed by atoms with Crippen LogP contribution in [0.15, 0.2) is 18.2 Å². The monoisotopic (exact) mass is 274 g/mol. The first-order chi connectivity index (χ1) is 8.00. The van der Waals surface area contributed by atoms with Crippen LogP contribution in [0.4, 0.5) is 0 Å². The maximum Gasteiger partial charge on any atom is 0.0688 e. The molecule has 0 bridgehead atoms. The van der Waals surface area contributed by atoms with Crippen LogP contribution in [0.2, 0.25) is 10.0 Å². The summed E-state index contributed by atoms with van der Waals surface area (Å²) in [5.41, 5.74) is 0.279. The van der Waals surface area contributed by atoms with Crippen LogP contribution in [0.1, 0.15) is 45.1 Å². The Bertz CT molecular complexity index is 357. The lowest BCUT2D eigenvalue weighted by Crippen LogP contribution is -2.31. The molecule has 0 aromatic heterocycles. The first-order valence-electron chi connectivity index (χ1n) is 6.17. The van der Waals surface area contributed by atoms with Crippen LogP contribution < -0.4 is 0 Å². The zero-order chi connectivity index (χ0) is 12.9. The number of rotatable bonds is 6. The predicted molar refractivity (Wildman–Crippen MR) is 74.9 cm³/mol. The van der Waals surface area contributed by atoms with Crippen LogP contribution in [0.5, 0.6) is 0 Å². The molecule has 1 rings (SSSR count). The minimum atomic E-state index is -0.655. The number of halogens is 2. The Morgan fingerprint density at radius 1 is 1.12 bits per heavy atom. The van der Waals surface area contributed by atoms with E-state index in [1.165, 1.54) is 0 Å². The molecule has 96 valence electrons. The molecule has 0 atom stereocenters. The highest BCUT2D eigenvalue weighted by molar-refractivity contribution is 6.33. The fourth-order valence-electron chi connectivity index (χ4n) is 2.27. The van der Waals surface area contributed by atoms with E-state index in [1.807, 2.05) is 6.07 Å². The summed E-state index contributed by atoms with van der Waals surface area (Å²) >= 11 is 12.1. The molecule has 1 N–H and O–H groups in total. The number of hydrogen-bond donors (Lipinski definition) is 1. The van der Waals surface area contributed by atoms with E-state index in [-0.39, 0.29) is 0 Å². The average Bonchev–Trinajstić information content (AvgIpc) is 2.24. The fourth-order valence-corrected chi connectivity index (χ4v) is 2.64. The molecular weight excluding hydrogens is 255 g/mol. The summed E-state index contributed by atoms with van der Waals surface area (Å²) in [5, 5.41) is 11.9. The van der Waals surface area contributed by atoms with Crippen molar-refractivity contribution < 1.29 is 5.11 Å². The van der Waals surface area contributed by atoms with Gasteiger partial charge in [0.25, 0.3) is 0 Å². The lowest BCUT2D eigenvalue weighted by Gasteiger charge is -2.28. The van der Waals surface area contributed by atoms with Crippen molar-refractivity contribution in [2.45, 2.75) is 51.6 Å². The molecule has 0 unspecified atom stereocenters. The summed E-state index contributed by atoms with van der Waals surface area (Å²) in [6.45, 7) is 4.17. The Labute approximate surface area is 114 Å². The minimum Gasteiger partial charge on any atom is -0.390 e. The standard InChI is InChI=1S/C14H20Cl2O/c1-3-7-14(17,8-4-2)10-11-9-12(15)5-6-13(11)16/h5-6,9,17H,3-4,7-8,10H2,1-2H3. The number of benzene rings is 1. The van der Waals surface area contributed by atoms with Crippen molar-refractivity contribution >= 4 is 23.2 Å². The first kappa shape index (κ1) is 14.8. The van der Waals surface area contributed by atoms with Crippen molar-refractivity contribution in [2.24, 2.45) is 0 Å². The predicted octanol–water partition coefficient (Wildman–Crippen LogP) is 4.87. The van der Waals surface area contributed by atoms with Crippen LogP contribution >= 0.6 is 23.2 Å². The first-order valence-corrected chi connectivity index (χ1v) is 6.92. The molecule has 0 radical (unpaired) electrons. The van der Waals surface area contributed by atoms with Gasteiger partial charge in [-0.3, -0.25) is 0 Å². The summed E-state index contributed by atoms with van der Waals surface area (Å²) in [5.74, 6) is 0. The van der Waals surface area contributed by atoms with Crippen molar-refractivity contribution in [3.8, 4) is 0 Å². The van der Waals surface area contributed by atoms with Gasteiger partial charge in [-0.2, -0.15) is 0 Å². The second-order valence-electron chi connectivity index (χ2n) is 4.64. The van der Waals surface area contributed by atoms with E-state index < -0.39 is 5.60 Å². The van der Waals surface area contributed by atoms with E-state index in [1.54, 1.807) is 12.1 Å². The third-order valence-electron chi connectivity index (χ3n) is 2.96. The van der Waals surface area contributed by atoms with E-state index in [0.29, 0.717) is 16.5 Å². The summed E-state index contributed by atoms with van der Waals surface area (Å²) in [4.78, 5) is 0. The van der Waals surface area contributed by atoms with Gasteiger partial charge in [0.2, 0.25) is 0 Å². The van der Waals surface area contributed by atoms with Crippen molar-refractivity contribution in [1.29, 1.82) is 0 Å². The quantitative estimate of drug-likeness (QED) is 0.785. The van der Waals surface area contributed by atoms with Crippen LogP contribution in [0, 0.1) is 0 Å². The highest BCUT2D eigenvalue weighted by Crippen LogP contribution is 2.29. The molecule has 0 heterocycles. The summed E-state index contributed by atoms with van der Waals surface area (Å²) < 4.78 is 0. The van der Waals surface area contributed by atoms with Crippen molar-refractivity contribution in [2.75, 3.05) is 0 Å². The minimum absolute atomic E-state index is 0.577. The molecule has 0 saturated heterocycles. The van der Waals surface area contributed by atoms with E-state index >= 15 is 0 Å². The summed E-state index contributed by atoms with van der Waals surface area (Å²) in [7, 11) is 0. The van der Waals surface area contributed by atoms with Gasteiger partial charge in [0.1, 0.15) is 0 Å². The van der Waals surface area contributed by atoms with Crippen molar-refractivity contribution in [3.63, 3.8) is 0 Å². The Balaban J connectivity index is 2.88. The zero-order valence-electron chi connectivity index (χ0n) is 10.5. The SMILES string of the molecule is CCCC(O)(CCC)Cc1cc(Cl)ccc1Cl. The van der Waals surface area contributed by atoms with Crippen LogP contribution in [-0.4, -0.2) is 10.7 Å². The maximum atomic E-state index is 10.6. The van der Waals surface area contributed by atoms with Gasteiger partial charge in [0.05, 0.1) is 5.60 Å². The topological polar surface area (TPSA) is 20.2 Å². The molecule has 1 nitrogen and oxygen atoms in total. The van der Waals surface area contributed by atoms with Gasteiger partial charge in [-0.05, 0) is 36.6 Å². The molecule has 0 aliphatic rings. The van der Waals surface area contributed by atoms with Crippen LogP contribution in [0.25, 0.3) is 0 Å². The molecule has 0 amide bonds. The molecule has 1 aromatic rings. The van der Waals surface area contributed by atoms with Gasteiger partial charge in [-0.15, -0.1) is 0 Å². The molecule has 3 heteroatoms.